The maximum absolute atomic E-state index is 12.5. The Morgan fingerprint density at radius 2 is 2.00 bits per heavy atom. The Morgan fingerprint density at radius 1 is 1.14 bits per heavy atom. The minimum atomic E-state index is -0.280. The van der Waals surface area contributed by atoms with Crippen molar-refractivity contribution in [2.45, 2.75) is 38.5 Å². The lowest BCUT2D eigenvalue weighted by Gasteiger charge is -2.24. The fourth-order valence-corrected chi connectivity index (χ4v) is 3.41. The lowest BCUT2D eigenvalue weighted by Crippen LogP contribution is -2.40. The highest BCUT2D eigenvalue weighted by Gasteiger charge is 2.29. The van der Waals surface area contributed by atoms with Gasteiger partial charge in [-0.1, -0.05) is 35.5 Å². The van der Waals surface area contributed by atoms with Crippen LogP contribution in [-0.4, -0.2) is 64.5 Å². The molecule has 0 aliphatic carbocycles. The van der Waals surface area contributed by atoms with E-state index in [0.717, 1.165) is 18.4 Å². The molecule has 11 heteroatoms. The van der Waals surface area contributed by atoms with Crippen LogP contribution in [-0.2, 0) is 24.4 Å². The van der Waals surface area contributed by atoms with Gasteiger partial charge in [0.05, 0.1) is 18.8 Å². The van der Waals surface area contributed by atoms with Crippen LogP contribution in [0.1, 0.15) is 28.9 Å². The van der Waals surface area contributed by atoms with Crippen LogP contribution in [0, 0.1) is 0 Å². The third-order valence-electron chi connectivity index (χ3n) is 4.85. The van der Waals surface area contributed by atoms with Gasteiger partial charge in [-0.2, -0.15) is 0 Å². The number of nitrogens with zero attached hydrogens (tertiary/aromatic N) is 8. The zero-order chi connectivity index (χ0) is 20.1. The van der Waals surface area contributed by atoms with Crippen LogP contribution >= 0.6 is 0 Å². The second-order valence-electron chi connectivity index (χ2n) is 6.88. The molecule has 2 aromatic heterocycles. The lowest BCUT2D eigenvalue weighted by molar-refractivity contribution is -0.133. The van der Waals surface area contributed by atoms with Crippen molar-refractivity contribution in [3.8, 4) is 0 Å². The van der Waals surface area contributed by atoms with E-state index in [0.29, 0.717) is 19.6 Å². The Labute approximate surface area is 166 Å². The zero-order valence-corrected chi connectivity index (χ0v) is 15.8. The summed E-state index contributed by atoms with van der Waals surface area (Å²) in [4.78, 5) is 26.7. The highest BCUT2D eigenvalue weighted by Crippen LogP contribution is 2.19. The SMILES string of the molecule is O=C(NCc1ccccc1)c1cn(CC2CCCN2C(=O)Cn2cnnn2)nn1. The third kappa shape index (κ3) is 4.62. The van der Waals surface area contributed by atoms with Gasteiger partial charge in [0.1, 0.15) is 12.9 Å². The van der Waals surface area contributed by atoms with Crippen molar-refractivity contribution in [2.24, 2.45) is 0 Å². The molecule has 1 aliphatic rings. The number of carbonyl (C=O) groups is 2. The van der Waals surface area contributed by atoms with Gasteiger partial charge in [-0.3, -0.25) is 9.59 Å². The van der Waals surface area contributed by atoms with Crippen molar-refractivity contribution in [1.29, 1.82) is 0 Å². The van der Waals surface area contributed by atoms with Gasteiger partial charge in [-0.25, -0.2) is 9.36 Å². The quantitative estimate of drug-likeness (QED) is 0.592. The van der Waals surface area contributed by atoms with Gasteiger partial charge >= 0.3 is 0 Å². The molecule has 3 aromatic rings. The Morgan fingerprint density at radius 3 is 2.79 bits per heavy atom. The van der Waals surface area contributed by atoms with E-state index in [-0.39, 0.29) is 30.1 Å². The number of hydrogen-bond acceptors (Lipinski definition) is 7. The topological polar surface area (TPSA) is 124 Å². The van der Waals surface area contributed by atoms with E-state index in [9.17, 15) is 9.59 Å². The first-order chi connectivity index (χ1) is 14.2. The first-order valence-corrected chi connectivity index (χ1v) is 9.41. The van der Waals surface area contributed by atoms with Crippen LogP contribution in [0.5, 0.6) is 0 Å². The van der Waals surface area contributed by atoms with Crippen LogP contribution in [0.2, 0.25) is 0 Å². The van der Waals surface area contributed by atoms with Gasteiger partial charge in [0.25, 0.3) is 5.91 Å². The van der Waals surface area contributed by atoms with Crippen LogP contribution in [0.15, 0.2) is 42.9 Å². The molecule has 1 fully saturated rings. The Bertz CT molecular complexity index is 955. The van der Waals surface area contributed by atoms with Crippen LogP contribution in [0.3, 0.4) is 0 Å². The van der Waals surface area contributed by atoms with Crippen molar-refractivity contribution >= 4 is 11.8 Å². The number of carbonyl (C=O) groups excluding carboxylic acids is 2. The van der Waals surface area contributed by atoms with Crippen molar-refractivity contribution in [2.75, 3.05) is 6.54 Å². The van der Waals surface area contributed by atoms with Crippen LogP contribution in [0.4, 0.5) is 0 Å². The molecule has 150 valence electrons. The van der Waals surface area contributed by atoms with E-state index in [1.807, 2.05) is 35.2 Å². The molecule has 0 radical (unpaired) electrons. The number of aromatic nitrogens is 7. The highest BCUT2D eigenvalue weighted by molar-refractivity contribution is 5.91. The van der Waals surface area contributed by atoms with Gasteiger partial charge in [0.15, 0.2) is 5.69 Å². The first kappa shape index (κ1) is 18.7. The number of amides is 2. The first-order valence-electron chi connectivity index (χ1n) is 9.41. The largest absolute Gasteiger partial charge is 0.347 e. The molecule has 1 atom stereocenters. The summed E-state index contributed by atoms with van der Waals surface area (Å²) in [6.07, 6.45) is 4.82. The number of hydrogen-bond donors (Lipinski definition) is 1. The maximum atomic E-state index is 12.5. The minimum absolute atomic E-state index is 0.000843. The molecule has 1 aromatic carbocycles. The molecule has 0 bridgehead atoms. The summed E-state index contributed by atoms with van der Waals surface area (Å²) >= 11 is 0. The van der Waals surface area contributed by atoms with Crippen molar-refractivity contribution in [1.82, 2.24) is 45.4 Å². The molecule has 3 heterocycles. The fourth-order valence-electron chi connectivity index (χ4n) is 3.41. The summed E-state index contributed by atoms with van der Waals surface area (Å²) < 4.78 is 3.02. The molecule has 1 aliphatic heterocycles. The van der Waals surface area contributed by atoms with E-state index in [4.69, 9.17) is 0 Å². The molecule has 0 spiro atoms. The van der Waals surface area contributed by atoms with E-state index in [1.165, 1.54) is 11.0 Å². The summed E-state index contributed by atoms with van der Waals surface area (Å²) in [7, 11) is 0. The van der Waals surface area contributed by atoms with Crippen LogP contribution in [0.25, 0.3) is 0 Å². The second-order valence-corrected chi connectivity index (χ2v) is 6.88. The molecule has 0 saturated carbocycles. The number of nitrogens with one attached hydrogen (secondary N) is 1. The average molecular weight is 395 g/mol. The van der Waals surface area contributed by atoms with E-state index < -0.39 is 0 Å². The molecular weight excluding hydrogens is 374 g/mol. The molecule has 2 amide bonds. The predicted molar refractivity (Wildman–Crippen MR) is 100 cm³/mol. The second kappa shape index (κ2) is 8.59. The van der Waals surface area contributed by atoms with Gasteiger partial charge in [0, 0.05) is 13.1 Å². The van der Waals surface area contributed by atoms with Gasteiger partial charge < -0.3 is 10.2 Å². The Balaban J connectivity index is 1.33. The molecule has 1 N–H and O–H groups in total. The summed E-state index contributed by atoms with van der Waals surface area (Å²) in [6.45, 7) is 1.70. The standard InChI is InChI=1S/C18H21N9O2/c28-17(12-26-13-20-22-24-26)27-8-4-7-15(27)10-25-11-16(21-23-25)18(29)19-9-14-5-2-1-3-6-14/h1-3,5-6,11,13,15H,4,7-10,12H2,(H,19,29). The van der Waals surface area contributed by atoms with Crippen molar-refractivity contribution in [3.05, 3.63) is 54.1 Å². The monoisotopic (exact) mass is 395 g/mol. The van der Waals surface area contributed by atoms with Crippen LogP contribution < -0.4 is 5.32 Å². The number of tetrazole rings is 1. The number of rotatable bonds is 7. The summed E-state index contributed by atoms with van der Waals surface area (Å²) in [5.74, 6) is -0.320. The number of likely N-dealkylation sites (tertiary alicyclic amines) is 1. The minimum Gasteiger partial charge on any atom is -0.347 e. The maximum Gasteiger partial charge on any atom is 0.273 e. The lowest BCUT2D eigenvalue weighted by atomic mass is 10.2. The van der Waals surface area contributed by atoms with Gasteiger partial charge in [0.2, 0.25) is 5.91 Å². The Kier molecular flexibility index (Phi) is 5.54. The third-order valence-corrected chi connectivity index (χ3v) is 4.85. The molecule has 1 unspecified atom stereocenters. The molecular formula is C18H21N9O2. The average Bonchev–Trinajstić information content (AvgIpc) is 3.49. The van der Waals surface area contributed by atoms with Gasteiger partial charge in [-0.15, -0.1) is 10.2 Å². The summed E-state index contributed by atoms with van der Waals surface area (Å²) in [6, 6.07) is 9.66. The normalized spacial score (nSPS) is 16.1. The summed E-state index contributed by atoms with van der Waals surface area (Å²) in [5, 5.41) is 21.7. The highest BCUT2D eigenvalue weighted by atomic mass is 16.2. The smallest absolute Gasteiger partial charge is 0.273 e. The zero-order valence-electron chi connectivity index (χ0n) is 15.8. The predicted octanol–water partition coefficient (Wildman–Crippen LogP) is -0.114. The Hall–Kier alpha value is -3.63. The summed E-state index contributed by atoms with van der Waals surface area (Å²) in [5.41, 5.74) is 1.27. The van der Waals surface area contributed by atoms with Crippen molar-refractivity contribution < 1.29 is 9.59 Å². The van der Waals surface area contributed by atoms with E-state index in [1.54, 1.807) is 10.9 Å². The molecule has 29 heavy (non-hydrogen) atoms. The number of benzene rings is 1. The van der Waals surface area contributed by atoms with E-state index in [2.05, 4.69) is 31.2 Å². The van der Waals surface area contributed by atoms with Gasteiger partial charge in [-0.05, 0) is 28.8 Å². The van der Waals surface area contributed by atoms with Crippen molar-refractivity contribution in [3.63, 3.8) is 0 Å². The molecule has 11 nitrogen and oxygen atoms in total. The fraction of sp³-hybridized carbons (Fsp3) is 0.389. The molecule has 1 saturated heterocycles. The van der Waals surface area contributed by atoms with E-state index >= 15 is 0 Å². The molecule has 4 rings (SSSR count).